The van der Waals surface area contributed by atoms with Crippen LogP contribution in [-0.2, 0) is 16.2 Å². The maximum atomic E-state index is 13.9. The third-order valence-corrected chi connectivity index (χ3v) is 5.73. The highest BCUT2D eigenvalue weighted by atomic mass is 32.2. The molecule has 1 atom stereocenters. The van der Waals surface area contributed by atoms with Crippen LogP contribution in [0.2, 0.25) is 0 Å². The van der Waals surface area contributed by atoms with Gasteiger partial charge in [0, 0.05) is 13.1 Å². The molecule has 0 saturated carbocycles. The summed E-state index contributed by atoms with van der Waals surface area (Å²) >= 11 is 0. The standard InChI is InChI=1S/C14H18F4N2O2S/c1-19-8-10-3-2-6-20(9-10)23(21,22)13-7-11(14(16,17)18)4-5-12(13)15/h4-5,7,10,19H,2-3,6,8-9H2,1H3/t10-/m0/s1. The number of halogens is 4. The first kappa shape index (κ1) is 18.2. The zero-order chi connectivity index (χ0) is 17.3. The molecule has 1 aliphatic heterocycles. The van der Waals surface area contributed by atoms with Crippen molar-refractivity contribution in [2.45, 2.75) is 23.9 Å². The van der Waals surface area contributed by atoms with Crippen molar-refractivity contribution >= 4 is 10.0 Å². The van der Waals surface area contributed by atoms with Gasteiger partial charge in [0.1, 0.15) is 10.7 Å². The molecule has 4 nitrogen and oxygen atoms in total. The number of alkyl halides is 3. The fourth-order valence-electron chi connectivity index (χ4n) is 2.72. The number of sulfonamides is 1. The van der Waals surface area contributed by atoms with Crippen molar-refractivity contribution in [3.63, 3.8) is 0 Å². The average Bonchev–Trinajstić information content (AvgIpc) is 2.47. The lowest BCUT2D eigenvalue weighted by Gasteiger charge is -2.32. The smallest absolute Gasteiger partial charge is 0.319 e. The second-order valence-electron chi connectivity index (χ2n) is 5.57. The Labute approximate surface area is 132 Å². The van der Waals surface area contributed by atoms with E-state index < -0.39 is 32.5 Å². The van der Waals surface area contributed by atoms with Gasteiger partial charge in [-0.25, -0.2) is 12.8 Å². The monoisotopic (exact) mass is 354 g/mol. The van der Waals surface area contributed by atoms with E-state index in [0.717, 1.165) is 10.7 Å². The normalized spacial score (nSPS) is 20.7. The number of benzene rings is 1. The summed E-state index contributed by atoms with van der Waals surface area (Å²) in [6.07, 6.45) is -3.32. The fraction of sp³-hybridized carbons (Fsp3) is 0.571. The molecule has 2 rings (SSSR count). The van der Waals surface area contributed by atoms with Crippen LogP contribution in [-0.4, -0.2) is 39.4 Å². The van der Waals surface area contributed by atoms with Gasteiger partial charge in [-0.2, -0.15) is 17.5 Å². The van der Waals surface area contributed by atoms with Gasteiger partial charge in [0.05, 0.1) is 5.56 Å². The maximum Gasteiger partial charge on any atom is 0.416 e. The van der Waals surface area contributed by atoms with E-state index in [1.807, 2.05) is 0 Å². The number of hydrogen-bond acceptors (Lipinski definition) is 3. The van der Waals surface area contributed by atoms with Gasteiger partial charge in [-0.05, 0) is 50.6 Å². The lowest BCUT2D eigenvalue weighted by molar-refractivity contribution is -0.137. The van der Waals surface area contributed by atoms with Crippen LogP contribution in [0.5, 0.6) is 0 Å². The summed E-state index contributed by atoms with van der Waals surface area (Å²) in [6, 6.07) is 1.45. The molecule has 1 N–H and O–H groups in total. The van der Waals surface area contributed by atoms with E-state index in [-0.39, 0.29) is 19.0 Å². The predicted octanol–water partition coefficient (Wildman–Crippen LogP) is 2.46. The van der Waals surface area contributed by atoms with E-state index in [9.17, 15) is 26.0 Å². The number of nitrogens with zero attached hydrogens (tertiary/aromatic N) is 1. The van der Waals surface area contributed by atoms with Gasteiger partial charge < -0.3 is 5.32 Å². The van der Waals surface area contributed by atoms with Crippen LogP contribution in [0.1, 0.15) is 18.4 Å². The molecule has 0 spiro atoms. The fourth-order valence-corrected chi connectivity index (χ4v) is 4.36. The molecule has 130 valence electrons. The Morgan fingerprint density at radius 3 is 2.65 bits per heavy atom. The van der Waals surface area contributed by atoms with Gasteiger partial charge in [0.15, 0.2) is 0 Å². The van der Waals surface area contributed by atoms with Gasteiger partial charge >= 0.3 is 6.18 Å². The number of piperidine rings is 1. The van der Waals surface area contributed by atoms with Crippen molar-refractivity contribution in [1.29, 1.82) is 0 Å². The van der Waals surface area contributed by atoms with E-state index in [4.69, 9.17) is 0 Å². The van der Waals surface area contributed by atoms with Crippen LogP contribution in [0, 0.1) is 11.7 Å². The lowest BCUT2D eigenvalue weighted by atomic mass is 10.00. The van der Waals surface area contributed by atoms with Crippen molar-refractivity contribution in [2.24, 2.45) is 5.92 Å². The molecule has 0 radical (unpaired) electrons. The Kier molecular flexibility index (Phi) is 5.32. The first-order chi connectivity index (χ1) is 10.7. The summed E-state index contributed by atoms with van der Waals surface area (Å²) < 4.78 is 78.3. The van der Waals surface area contributed by atoms with E-state index in [1.54, 1.807) is 7.05 Å². The van der Waals surface area contributed by atoms with Gasteiger partial charge in [0.2, 0.25) is 10.0 Å². The molecule has 1 aliphatic rings. The molecule has 0 bridgehead atoms. The summed E-state index contributed by atoms with van der Waals surface area (Å²) in [5.41, 5.74) is -1.18. The quantitative estimate of drug-likeness (QED) is 0.845. The molecule has 0 aromatic heterocycles. The van der Waals surface area contributed by atoms with Crippen molar-refractivity contribution in [3.8, 4) is 0 Å². The minimum Gasteiger partial charge on any atom is -0.319 e. The Bertz CT molecular complexity index is 659. The Morgan fingerprint density at radius 1 is 1.35 bits per heavy atom. The number of hydrogen-bond donors (Lipinski definition) is 1. The van der Waals surface area contributed by atoms with E-state index >= 15 is 0 Å². The van der Waals surface area contributed by atoms with Crippen LogP contribution >= 0.6 is 0 Å². The van der Waals surface area contributed by atoms with Gasteiger partial charge in [-0.3, -0.25) is 0 Å². The molecule has 1 fully saturated rings. The van der Waals surface area contributed by atoms with Crippen LogP contribution < -0.4 is 5.32 Å². The molecule has 1 aromatic carbocycles. The molecule has 0 aliphatic carbocycles. The average molecular weight is 354 g/mol. The highest BCUT2D eigenvalue weighted by Crippen LogP contribution is 2.33. The molecular formula is C14H18F4N2O2S. The minimum atomic E-state index is -4.73. The molecule has 1 aromatic rings. The Hall–Kier alpha value is -1.19. The molecule has 9 heteroatoms. The molecular weight excluding hydrogens is 336 g/mol. The van der Waals surface area contributed by atoms with Gasteiger partial charge in [-0.15, -0.1) is 0 Å². The molecule has 1 heterocycles. The van der Waals surface area contributed by atoms with Crippen molar-refractivity contribution in [1.82, 2.24) is 9.62 Å². The van der Waals surface area contributed by atoms with Crippen molar-refractivity contribution in [2.75, 3.05) is 26.7 Å². The Morgan fingerprint density at radius 2 is 2.04 bits per heavy atom. The molecule has 1 saturated heterocycles. The predicted molar refractivity (Wildman–Crippen MR) is 76.8 cm³/mol. The Balaban J connectivity index is 2.35. The first-order valence-electron chi connectivity index (χ1n) is 7.17. The zero-order valence-electron chi connectivity index (χ0n) is 12.5. The van der Waals surface area contributed by atoms with E-state index in [1.165, 1.54) is 0 Å². The van der Waals surface area contributed by atoms with Crippen LogP contribution in [0.4, 0.5) is 17.6 Å². The summed E-state index contributed by atoms with van der Waals surface area (Å²) in [5.74, 6) is -1.12. The largest absolute Gasteiger partial charge is 0.416 e. The molecule has 0 amide bonds. The van der Waals surface area contributed by atoms with Crippen molar-refractivity contribution < 1.29 is 26.0 Å². The molecule has 0 unspecified atom stereocenters. The van der Waals surface area contributed by atoms with Gasteiger partial charge in [0.25, 0.3) is 0 Å². The van der Waals surface area contributed by atoms with E-state index in [0.29, 0.717) is 31.2 Å². The second-order valence-corrected chi connectivity index (χ2v) is 7.48. The zero-order valence-corrected chi connectivity index (χ0v) is 13.3. The maximum absolute atomic E-state index is 13.9. The highest BCUT2D eigenvalue weighted by Gasteiger charge is 2.36. The first-order valence-corrected chi connectivity index (χ1v) is 8.61. The molecule has 23 heavy (non-hydrogen) atoms. The summed E-state index contributed by atoms with van der Waals surface area (Å²) in [6.45, 7) is 0.939. The van der Waals surface area contributed by atoms with Crippen molar-refractivity contribution in [3.05, 3.63) is 29.6 Å². The SMILES string of the molecule is CNC[C@@H]1CCCN(S(=O)(=O)c2cc(C(F)(F)F)ccc2F)C1. The number of nitrogens with one attached hydrogen (secondary N) is 1. The van der Waals surface area contributed by atoms with Gasteiger partial charge in [-0.1, -0.05) is 0 Å². The lowest BCUT2D eigenvalue weighted by Crippen LogP contribution is -2.42. The summed E-state index contributed by atoms with van der Waals surface area (Å²) in [5, 5.41) is 2.95. The van der Waals surface area contributed by atoms with Crippen LogP contribution in [0.3, 0.4) is 0 Å². The van der Waals surface area contributed by atoms with Crippen LogP contribution in [0.15, 0.2) is 23.1 Å². The highest BCUT2D eigenvalue weighted by molar-refractivity contribution is 7.89. The summed E-state index contributed by atoms with van der Waals surface area (Å²) in [7, 11) is -2.56. The summed E-state index contributed by atoms with van der Waals surface area (Å²) in [4.78, 5) is -0.919. The topological polar surface area (TPSA) is 49.4 Å². The van der Waals surface area contributed by atoms with Crippen LogP contribution in [0.25, 0.3) is 0 Å². The second kappa shape index (κ2) is 6.74. The third kappa shape index (κ3) is 4.02. The minimum absolute atomic E-state index is 0.0531. The van der Waals surface area contributed by atoms with E-state index in [2.05, 4.69) is 5.32 Å². The third-order valence-electron chi connectivity index (χ3n) is 3.85. The number of rotatable bonds is 4.